The third-order valence-corrected chi connectivity index (χ3v) is 3.32. The molecule has 82 valence electrons. The number of carbonyl (C=O) groups excluding carboxylic acids is 1. The summed E-state index contributed by atoms with van der Waals surface area (Å²) in [4.78, 5) is 11.5. The molecule has 0 bridgehead atoms. The van der Waals surface area contributed by atoms with Crippen molar-refractivity contribution < 1.29 is 17.9 Å². The van der Waals surface area contributed by atoms with E-state index in [9.17, 15) is 13.2 Å². The zero-order chi connectivity index (χ0) is 10.8. The molecule has 2 unspecified atom stereocenters. The fourth-order valence-corrected chi connectivity index (χ4v) is 2.10. The van der Waals surface area contributed by atoms with Gasteiger partial charge in [-0.05, 0) is 13.3 Å². The summed E-state index contributed by atoms with van der Waals surface area (Å²) >= 11 is 0. The normalized spacial score (nSPS) is 27.9. The monoisotopic (exact) mass is 220 g/mol. The van der Waals surface area contributed by atoms with Crippen LogP contribution in [0.25, 0.3) is 0 Å². The third kappa shape index (κ3) is 3.75. The van der Waals surface area contributed by atoms with Crippen molar-refractivity contribution in [3.8, 4) is 0 Å². The Morgan fingerprint density at radius 2 is 2.14 bits per heavy atom. The largest absolute Gasteiger partial charge is 0.378 e. The van der Waals surface area contributed by atoms with E-state index in [1.165, 1.54) is 0 Å². The van der Waals surface area contributed by atoms with Crippen molar-refractivity contribution in [3.63, 3.8) is 0 Å². The first-order chi connectivity index (χ1) is 6.38. The standard InChI is InChI=1S/C9H16O4S/c1-7-5-8(6-13-7)9(10)3-4-14(2,11)12/h7-8H,3-6H2,1-2H3. The number of sulfone groups is 1. The van der Waals surface area contributed by atoms with Gasteiger partial charge >= 0.3 is 0 Å². The van der Waals surface area contributed by atoms with Crippen LogP contribution in [0.5, 0.6) is 0 Å². The predicted molar refractivity (Wildman–Crippen MR) is 52.9 cm³/mol. The minimum Gasteiger partial charge on any atom is -0.378 e. The molecular weight excluding hydrogens is 204 g/mol. The summed E-state index contributed by atoms with van der Waals surface area (Å²) in [5.41, 5.74) is 0. The van der Waals surface area contributed by atoms with Crippen molar-refractivity contribution >= 4 is 15.6 Å². The SMILES string of the molecule is CC1CC(C(=O)CCS(C)(=O)=O)CO1. The van der Waals surface area contributed by atoms with Crippen molar-refractivity contribution in [1.29, 1.82) is 0 Å². The number of ether oxygens (including phenoxy) is 1. The van der Waals surface area contributed by atoms with Gasteiger partial charge in [0.1, 0.15) is 15.6 Å². The Morgan fingerprint density at radius 1 is 1.50 bits per heavy atom. The smallest absolute Gasteiger partial charge is 0.147 e. The van der Waals surface area contributed by atoms with E-state index in [1.54, 1.807) is 0 Å². The zero-order valence-electron chi connectivity index (χ0n) is 8.52. The van der Waals surface area contributed by atoms with Gasteiger partial charge in [0.05, 0.1) is 18.5 Å². The van der Waals surface area contributed by atoms with Gasteiger partial charge in [0.2, 0.25) is 0 Å². The van der Waals surface area contributed by atoms with Crippen LogP contribution < -0.4 is 0 Å². The number of carbonyl (C=O) groups is 1. The van der Waals surface area contributed by atoms with E-state index >= 15 is 0 Å². The number of hydrogen-bond acceptors (Lipinski definition) is 4. The van der Waals surface area contributed by atoms with Crippen LogP contribution in [0.2, 0.25) is 0 Å². The number of Topliss-reactive ketones (excluding diaryl/α,β-unsaturated/α-hetero) is 1. The first kappa shape index (κ1) is 11.7. The molecule has 0 aromatic rings. The number of ketones is 1. The lowest BCUT2D eigenvalue weighted by Crippen LogP contribution is -2.18. The molecule has 1 rings (SSSR count). The molecule has 1 heterocycles. The Balaban J connectivity index is 2.36. The second kappa shape index (κ2) is 4.40. The summed E-state index contributed by atoms with van der Waals surface area (Å²) < 4.78 is 26.9. The first-order valence-electron chi connectivity index (χ1n) is 4.70. The van der Waals surface area contributed by atoms with Gasteiger partial charge in [-0.25, -0.2) is 8.42 Å². The van der Waals surface area contributed by atoms with Crippen molar-refractivity contribution in [2.45, 2.75) is 25.9 Å². The Morgan fingerprint density at radius 3 is 2.57 bits per heavy atom. The van der Waals surface area contributed by atoms with Gasteiger partial charge in [-0.1, -0.05) is 0 Å². The fourth-order valence-electron chi connectivity index (χ4n) is 1.53. The minimum atomic E-state index is -3.02. The van der Waals surface area contributed by atoms with Crippen molar-refractivity contribution in [2.75, 3.05) is 18.6 Å². The summed E-state index contributed by atoms with van der Waals surface area (Å²) in [6.07, 6.45) is 2.12. The molecule has 14 heavy (non-hydrogen) atoms. The second-order valence-electron chi connectivity index (χ2n) is 3.92. The first-order valence-corrected chi connectivity index (χ1v) is 6.76. The topological polar surface area (TPSA) is 60.4 Å². The van der Waals surface area contributed by atoms with Crippen LogP contribution in [0.4, 0.5) is 0 Å². The van der Waals surface area contributed by atoms with Crippen LogP contribution in [-0.4, -0.2) is 38.9 Å². The highest BCUT2D eigenvalue weighted by atomic mass is 32.2. The Hall–Kier alpha value is -0.420. The van der Waals surface area contributed by atoms with E-state index in [-0.39, 0.29) is 30.0 Å². The second-order valence-corrected chi connectivity index (χ2v) is 6.18. The van der Waals surface area contributed by atoms with E-state index in [1.807, 2.05) is 6.92 Å². The van der Waals surface area contributed by atoms with Gasteiger partial charge in [0.15, 0.2) is 0 Å². The average molecular weight is 220 g/mol. The maximum Gasteiger partial charge on any atom is 0.147 e. The van der Waals surface area contributed by atoms with Gasteiger partial charge in [0.25, 0.3) is 0 Å². The summed E-state index contributed by atoms with van der Waals surface area (Å²) in [7, 11) is -3.02. The molecule has 0 N–H and O–H groups in total. The highest BCUT2D eigenvalue weighted by molar-refractivity contribution is 7.90. The number of hydrogen-bond donors (Lipinski definition) is 0. The van der Waals surface area contributed by atoms with Crippen molar-refractivity contribution in [3.05, 3.63) is 0 Å². The van der Waals surface area contributed by atoms with Gasteiger partial charge in [-0.15, -0.1) is 0 Å². The highest BCUT2D eigenvalue weighted by Crippen LogP contribution is 2.20. The van der Waals surface area contributed by atoms with Crippen molar-refractivity contribution in [2.24, 2.45) is 5.92 Å². The molecule has 2 atom stereocenters. The van der Waals surface area contributed by atoms with E-state index < -0.39 is 9.84 Å². The lowest BCUT2D eigenvalue weighted by atomic mass is 9.99. The molecule has 0 amide bonds. The van der Waals surface area contributed by atoms with Gasteiger partial charge in [-0.3, -0.25) is 4.79 Å². The third-order valence-electron chi connectivity index (χ3n) is 2.37. The predicted octanol–water partition coefficient (Wildman–Crippen LogP) is 0.415. The molecule has 0 aliphatic carbocycles. The van der Waals surface area contributed by atoms with Crippen molar-refractivity contribution in [1.82, 2.24) is 0 Å². The molecule has 1 aliphatic heterocycles. The van der Waals surface area contributed by atoms with Crippen LogP contribution in [0.15, 0.2) is 0 Å². The lowest BCUT2D eigenvalue weighted by molar-refractivity contribution is -0.122. The number of rotatable bonds is 4. The Bertz CT molecular complexity index is 307. The maximum absolute atomic E-state index is 11.5. The molecule has 0 aromatic heterocycles. The van der Waals surface area contributed by atoms with Crippen LogP contribution in [0, 0.1) is 5.92 Å². The minimum absolute atomic E-state index is 0.0137. The lowest BCUT2D eigenvalue weighted by Gasteiger charge is -2.05. The molecule has 0 saturated carbocycles. The summed E-state index contributed by atoms with van der Waals surface area (Å²) in [5.74, 6) is -0.122. The molecule has 1 aliphatic rings. The molecule has 0 radical (unpaired) electrons. The van der Waals surface area contributed by atoms with E-state index in [4.69, 9.17) is 4.74 Å². The van der Waals surface area contributed by atoms with Crippen LogP contribution >= 0.6 is 0 Å². The molecule has 1 fully saturated rings. The Labute approximate surface area is 84.6 Å². The zero-order valence-corrected chi connectivity index (χ0v) is 9.34. The summed E-state index contributed by atoms with van der Waals surface area (Å²) in [5, 5.41) is 0. The fraction of sp³-hybridized carbons (Fsp3) is 0.889. The van der Waals surface area contributed by atoms with Crippen LogP contribution in [0.3, 0.4) is 0 Å². The average Bonchev–Trinajstić information content (AvgIpc) is 2.46. The summed E-state index contributed by atoms with van der Waals surface area (Å²) in [6.45, 7) is 2.37. The van der Waals surface area contributed by atoms with E-state index in [0.717, 1.165) is 12.7 Å². The highest BCUT2D eigenvalue weighted by Gasteiger charge is 2.28. The van der Waals surface area contributed by atoms with Crippen LogP contribution in [-0.2, 0) is 19.4 Å². The van der Waals surface area contributed by atoms with E-state index in [2.05, 4.69) is 0 Å². The molecule has 4 nitrogen and oxygen atoms in total. The molecule has 1 saturated heterocycles. The summed E-state index contributed by atoms with van der Waals surface area (Å²) in [6, 6.07) is 0. The quantitative estimate of drug-likeness (QED) is 0.688. The maximum atomic E-state index is 11.5. The van der Waals surface area contributed by atoms with Gasteiger partial charge < -0.3 is 4.74 Å². The van der Waals surface area contributed by atoms with Crippen LogP contribution in [0.1, 0.15) is 19.8 Å². The molecular formula is C9H16O4S. The molecule has 0 spiro atoms. The van der Waals surface area contributed by atoms with Gasteiger partial charge in [-0.2, -0.15) is 0 Å². The molecule has 5 heteroatoms. The van der Waals surface area contributed by atoms with E-state index in [0.29, 0.717) is 6.61 Å². The van der Waals surface area contributed by atoms with Gasteiger partial charge in [0, 0.05) is 18.6 Å². The Kier molecular flexibility index (Phi) is 3.66. The molecule has 0 aromatic carbocycles.